The quantitative estimate of drug-likeness (QED) is 0.230. The Morgan fingerprint density at radius 2 is 0.889 bits per heavy atom. The zero-order chi connectivity index (χ0) is 22.0. The van der Waals surface area contributed by atoms with Gasteiger partial charge in [0.2, 0.25) is 0 Å². The normalized spacial score (nSPS) is 7.78. The van der Waals surface area contributed by atoms with Crippen LogP contribution in [-0.4, -0.2) is 60.1 Å². The SMILES string of the molecule is C=CC=C.C=COC=C.CCOCC.OCCCCCO.OCCCCO. The molecule has 0 heterocycles. The summed E-state index contributed by atoms with van der Waals surface area (Å²) in [5, 5.41) is 32.6. The van der Waals surface area contributed by atoms with E-state index >= 15 is 0 Å². The monoisotopic (exact) mass is 392 g/mol. The lowest BCUT2D eigenvalue weighted by atomic mass is 10.2. The second-order valence-electron chi connectivity index (χ2n) is 4.38. The maximum absolute atomic E-state index is 8.21. The van der Waals surface area contributed by atoms with Gasteiger partial charge in [0.1, 0.15) is 0 Å². The van der Waals surface area contributed by atoms with Crippen LogP contribution in [0, 0.1) is 0 Å². The Morgan fingerprint density at radius 3 is 1.00 bits per heavy atom. The average molecular weight is 393 g/mol. The molecule has 0 aromatic carbocycles. The molecule has 0 amide bonds. The Bertz CT molecular complexity index is 223. The van der Waals surface area contributed by atoms with Crippen molar-refractivity contribution in [1.82, 2.24) is 0 Å². The second kappa shape index (κ2) is 56.3. The number of allylic oxidation sites excluding steroid dienone is 2. The van der Waals surface area contributed by atoms with Crippen LogP contribution < -0.4 is 0 Å². The van der Waals surface area contributed by atoms with Crippen molar-refractivity contribution >= 4 is 0 Å². The van der Waals surface area contributed by atoms with Gasteiger partial charge >= 0.3 is 0 Å². The summed E-state index contributed by atoms with van der Waals surface area (Å²) >= 11 is 0. The van der Waals surface area contributed by atoms with E-state index in [9.17, 15) is 0 Å². The third-order valence-electron chi connectivity index (χ3n) is 2.15. The summed E-state index contributed by atoms with van der Waals surface area (Å²) in [6, 6.07) is 0. The molecule has 0 aliphatic carbocycles. The number of hydrogen-bond acceptors (Lipinski definition) is 6. The Kier molecular flexibility index (Phi) is 76.1. The fourth-order valence-corrected chi connectivity index (χ4v) is 0.896. The van der Waals surface area contributed by atoms with E-state index in [-0.39, 0.29) is 26.4 Å². The first kappa shape index (κ1) is 36.5. The molecule has 4 N–H and O–H groups in total. The van der Waals surface area contributed by atoms with E-state index in [0.717, 1.165) is 45.3 Å². The average Bonchev–Trinajstić information content (AvgIpc) is 2.70. The summed E-state index contributed by atoms with van der Waals surface area (Å²) in [5.41, 5.74) is 0. The van der Waals surface area contributed by atoms with Crippen molar-refractivity contribution in [3.05, 3.63) is 51.0 Å². The summed E-state index contributed by atoms with van der Waals surface area (Å²) in [7, 11) is 0. The van der Waals surface area contributed by atoms with E-state index in [1.165, 1.54) is 12.5 Å². The largest absolute Gasteiger partial charge is 0.474 e. The summed E-state index contributed by atoms with van der Waals surface area (Å²) in [4.78, 5) is 0. The maximum Gasteiger partial charge on any atom is 0.0829 e. The molecule has 27 heavy (non-hydrogen) atoms. The highest BCUT2D eigenvalue weighted by Crippen LogP contribution is 1.90. The minimum Gasteiger partial charge on any atom is -0.474 e. The minimum absolute atomic E-state index is 0.195. The molecule has 6 nitrogen and oxygen atoms in total. The molecular formula is C21H44O6. The van der Waals surface area contributed by atoms with Crippen LogP contribution in [0.3, 0.4) is 0 Å². The van der Waals surface area contributed by atoms with Gasteiger partial charge in [0.25, 0.3) is 0 Å². The van der Waals surface area contributed by atoms with E-state index in [2.05, 4.69) is 31.1 Å². The lowest BCUT2D eigenvalue weighted by molar-refractivity contribution is 0.162. The van der Waals surface area contributed by atoms with Gasteiger partial charge < -0.3 is 29.9 Å². The van der Waals surface area contributed by atoms with Crippen molar-refractivity contribution in [2.75, 3.05) is 39.6 Å². The molecule has 0 atom stereocenters. The van der Waals surface area contributed by atoms with Gasteiger partial charge in [-0.1, -0.05) is 38.5 Å². The molecule has 0 fully saturated rings. The first-order valence-electron chi connectivity index (χ1n) is 9.19. The Balaban J connectivity index is -0.0000000757. The standard InChI is InChI=1S/C5H12O2.C4H10O2.C4H10O.C4H6O.C4H6/c6-4-2-1-3-5-7;5-3-1-2-4-6;2*1-3-5-4-2;1-3-4-2/h6-7H,1-5H2;5-6H,1-4H2;3-4H2,1-2H3;3-4H,1-2H2;3-4H,1-2H2. The smallest absolute Gasteiger partial charge is 0.0829 e. The molecule has 0 aromatic rings. The molecule has 0 saturated carbocycles. The predicted molar refractivity (Wildman–Crippen MR) is 115 cm³/mol. The molecule has 6 heteroatoms. The molecule has 0 aliphatic rings. The van der Waals surface area contributed by atoms with Crippen LogP contribution in [0.15, 0.2) is 51.0 Å². The predicted octanol–water partition coefficient (Wildman–Crippen LogP) is 3.58. The van der Waals surface area contributed by atoms with Crippen LogP contribution in [-0.2, 0) is 9.47 Å². The lowest BCUT2D eigenvalue weighted by Crippen LogP contribution is -1.85. The van der Waals surface area contributed by atoms with Gasteiger partial charge in [-0.05, 0) is 46.0 Å². The minimum atomic E-state index is 0.195. The van der Waals surface area contributed by atoms with Crippen molar-refractivity contribution in [2.24, 2.45) is 0 Å². The number of rotatable bonds is 12. The maximum atomic E-state index is 8.21. The third kappa shape index (κ3) is 112. The molecule has 0 aromatic heterocycles. The number of hydrogen-bond donors (Lipinski definition) is 4. The van der Waals surface area contributed by atoms with Crippen molar-refractivity contribution < 1.29 is 29.9 Å². The van der Waals surface area contributed by atoms with Crippen LogP contribution in [0.2, 0.25) is 0 Å². The molecule has 0 radical (unpaired) electrons. The van der Waals surface area contributed by atoms with Gasteiger partial charge in [0.05, 0.1) is 12.5 Å². The topological polar surface area (TPSA) is 99.4 Å². The molecule has 0 bridgehead atoms. The first-order chi connectivity index (χ1) is 13.1. The zero-order valence-corrected chi connectivity index (χ0v) is 17.5. The van der Waals surface area contributed by atoms with Gasteiger partial charge in [-0.15, -0.1) is 0 Å². The number of aliphatic hydroxyl groups is 4. The highest BCUT2D eigenvalue weighted by Gasteiger charge is 1.81. The van der Waals surface area contributed by atoms with Gasteiger partial charge in [-0.3, -0.25) is 0 Å². The van der Waals surface area contributed by atoms with Crippen molar-refractivity contribution in [3.63, 3.8) is 0 Å². The van der Waals surface area contributed by atoms with Crippen molar-refractivity contribution in [3.8, 4) is 0 Å². The van der Waals surface area contributed by atoms with Gasteiger partial charge in [0.15, 0.2) is 0 Å². The number of aliphatic hydroxyl groups excluding tert-OH is 4. The van der Waals surface area contributed by atoms with E-state index in [1.54, 1.807) is 12.2 Å². The summed E-state index contributed by atoms with van der Waals surface area (Å²) in [6.07, 6.45) is 9.92. The highest BCUT2D eigenvalue weighted by atomic mass is 16.5. The molecule has 0 rings (SSSR count). The van der Waals surface area contributed by atoms with Crippen LogP contribution >= 0.6 is 0 Å². The number of unbranched alkanes of at least 4 members (excludes halogenated alkanes) is 3. The molecular weight excluding hydrogens is 348 g/mol. The number of ether oxygens (including phenoxy) is 2. The van der Waals surface area contributed by atoms with E-state index in [1.807, 2.05) is 13.8 Å². The molecule has 0 aliphatic heterocycles. The van der Waals surface area contributed by atoms with Crippen LogP contribution in [0.1, 0.15) is 46.0 Å². The fourth-order valence-electron chi connectivity index (χ4n) is 0.896. The van der Waals surface area contributed by atoms with E-state index < -0.39 is 0 Å². The Labute approximate surface area is 167 Å². The van der Waals surface area contributed by atoms with E-state index in [4.69, 9.17) is 25.2 Å². The van der Waals surface area contributed by atoms with E-state index in [0.29, 0.717) is 0 Å². The van der Waals surface area contributed by atoms with Crippen LogP contribution in [0.5, 0.6) is 0 Å². The summed E-state index contributed by atoms with van der Waals surface area (Å²) in [5.74, 6) is 0. The van der Waals surface area contributed by atoms with Crippen molar-refractivity contribution in [1.29, 1.82) is 0 Å². The molecule has 164 valence electrons. The Hall–Kier alpha value is -1.44. The van der Waals surface area contributed by atoms with Crippen molar-refractivity contribution in [2.45, 2.75) is 46.0 Å². The molecule has 0 unspecified atom stereocenters. The zero-order valence-electron chi connectivity index (χ0n) is 17.5. The Morgan fingerprint density at radius 1 is 0.593 bits per heavy atom. The molecule has 0 saturated heterocycles. The van der Waals surface area contributed by atoms with Crippen LogP contribution in [0.25, 0.3) is 0 Å². The summed E-state index contributed by atoms with van der Waals surface area (Å²) in [6.45, 7) is 19.8. The van der Waals surface area contributed by atoms with Gasteiger partial charge in [-0.2, -0.15) is 0 Å². The first-order valence-corrected chi connectivity index (χ1v) is 9.19. The highest BCUT2D eigenvalue weighted by molar-refractivity contribution is 4.88. The summed E-state index contributed by atoms with van der Waals surface area (Å²) < 4.78 is 9.19. The lowest BCUT2D eigenvalue weighted by Gasteiger charge is -1.90. The fraction of sp³-hybridized carbons (Fsp3) is 0.619. The van der Waals surface area contributed by atoms with Gasteiger partial charge in [0, 0.05) is 39.6 Å². The molecule has 0 spiro atoms. The van der Waals surface area contributed by atoms with Gasteiger partial charge in [-0.25, -0.2) is 0 Å². The van der Waals surface area contributed by atoms with Crippen LogP contribution in [0.4, 0.5) is 0 Å². The third-order valence-corrected chi connectivity index (χ3v) is 2.15. The second-order valence-corrected chi connectivity index (χ2v) is 4.38.